The molecule has 7 rings (SSSR count). The van der Waals surface area contributed by atoms with Gasteiger partial charge in [-0.25, -0.2) is 0 Å². The summed E-state index contributed by atoms with van der Waals surface area (Å²) in [6.07, 6.45) is 0.383. The maximum Gasteiger partial charge on any atom is 0.128 e. The molecule has 45 heavy (non-hydrogen) atoms. The average molecular weight is 781 g/mol. The molecule has 0 aliphatic carbocycles. The minimum Gasteiger partial charge on any atom is -0.500 e. The molecular weight excluding hydrogens is 729 g/mol. The van der Waals surface area contributed by atoms with Gasteiger partial charge in [-0.05, 0) is 60.2 Å². The van der Waals surface area contributed by atoms with Gasteiger partial charge in [0.1, 0.15) is 5.58 Å². The minimum absolute atomic E-state index is 0. The summed E-state index contributed by atoms with van der Waals surface area (Å²) < 4.78 is 115. The van der Waals surface area contributed by atoms with Crippen molar-refractivity contribution in [2.45, 2.75) is 54.6 Å². The molecular formula is C41H38IrN2O-2. The van der Waals surface area contributed by atoms with E-state index in [-0.39, 0.29) is 53.6 Å². The summed E-state index contributed by atoms with van der Waals surface area (Å²) in [5.41, 5.74) is 1.59. The Kier molecular flexibility index (Phi) is 5.46. The third-order valence-corrected chi connectivity index (χ3v) is 6.99. The fourth-order valence-corrected chi connectivity index (χ4v) is 4.95. The number of fused-ring (bicyclic) bond motifs is 5. The Balaban J connectivity index is 0.000000235. The Hall–Kier alpha value is -4.11. The molecule has 1 radical (unpaired) electrons. The maximum absolute atomic E-state index is 8.80. The number of rotatable bonds is 3. The van der Waals surface area contributed by atoms with Crippen LogP contribution in [0.25, 0.3) is 55.2 Å². The molecule has 0 fully saturated rings. The molecule has 4 aromatic carbocycles. The molecule has 229 valence electrons. The van der Waals surface area contributed by atoms with Crippen molar-refractivity contribution >= 4 is 32.7 Å². The van der Waals surface area contributed by atoms with E-state index in [4.69, 9.17) is 23.6 Å². The Bertz CT molecular complexity index is 2630. The molecule has 0 amide bonds. The van der Waals surface area contributed by atoms with E-state index in [0.29, 0.717) is 22.4 Å². The Labute approximate surface area is 299 Å². The van der Waals surface area contributed by atoms with Crippen molar-refractivity contribution in [2.75, 3.05) is 0 Å². The zero-order valence-electron chi connectivity index (χ0n) is 38.8. The van der Waals surface area contributed by atoms with Crippen molar-refractivity contribution in [3.8, 4) is 22.5 Å². The first kappa shape index (κ1) is 18.8. The number of hydrogen-bond donors (Lipinski definition) is 0. The molecule has 0 bridgehead atoms. The monoisotopic (exact) mass is 781 g/mol. The van der Waals surface area contributed by atoms with E-state index < -0.39 is 39.2 Å². The van der Waals surface area contributed by atoms with Crippen LogP contribution in [0.4, 0.5) is 0 Å². The number of benzene rings is 4. The number of nitrogens with zero attached hydrogens (tertiary/aromatic N) is 2. The molecule has 0 saturated heterocycles. The van der Waals surface area contributed by atoms with Gasteiger partial charge in [0.15, 0.2) is 0 Å². The van der Waals surface area contributed by atoms with Crippen molar-refractivity contribution < 1.29 is 43.7 Å². The Morgan fingerprint density at radius 2 is 1.53 bits per heavy atom. The van der Waals surface area contributed by atoms with Gasteiger partial charge in [-0.15, -0.1) is 53.6 Å². The normalized spacial score (nSPS) is 17.4. The van der Waals surface area contributed by atoms with Gasteiger partial charge >= 0.3 is 0 Å². The second kappa shape index (κ2) is 13.1. The SMILES string of the molecule is [2H]C([2H])([2H])c1c[c-]c(-c2cc(C([2H])([2H])[2H])c(C([2H])([2H])[2H])cn2)cc1.[2H]C([2H])([2H])c1cnc(-c2[c-]ccc3c2oc2c4ccccc4ccc32)cc1C([2H])([2H])C(C)(C)C.[Ir]. The Morgan fingerprint density at radius 1 is 0.756 bits per heavy atom. The number of furan rings is 1. The van der Waals surface area contributed by atoms with Crippen LogP contribution in [0.1, 0.15) is 67.8 Å². The summed E-state index contributed by atoms with van der Waals surface area (Å²) in [5, 5.41) is 3.93. The van der Waals surface area contributed by atoms with Gasteiger partial charge in [0.25, 0.3) is 0 Å². The van der Waals surface area contributed by atoms with Crippen molar-refractivity contribution in [2.24, 2.45) is 5.41 Å². The first-order chi connectivity index (χ1) is 26.7. The molecule has 0 aliphatic rings. The standard InChI is InChI=1S/C27H24NO.C14H14N.Ir/c1-17-16-28-24(14-19(17)15-27(2,3)4)23-11-7-10-21-22-13-12-18-8-5-6-9-20(18)25(22)29-26(21)23;1-10-4-6-13(7-5-10)14-8-11(2)12(3)9-15-14;/h5-10,12-14,16H,15H2,1-4H3;4-6,8-9H,1-3H3;/q2*-1;/i1D3,15D2;1D3,2D3,3D3;. The van der Waals surface area contributed by atoms with Gasteiger partial charge in [0, 0.05) is 62.5 Å². The molecule has 0 saturated carbocycles. The molecule has 4 heteroatoms. The van der Waals surface area contributed by atoms with Crippen LogP contribution < -0.4 is 0 Å². The van der Waals surface area contributed by atoms with Crippen molar-refractivity contribution in [1.29, 1.82) is 0 Å². The quantitative estimate of drug-likeness (QED) is 0.168. The predicted octanol–water partition coefficient (Wildman–Crippen LogP) is 11.0. The molecule has 0 atom stereocenters. The average Bonchev–Trinajstić information content (AvgIpc) is 3.52. The van der Waals surface area contributed by atoms with Crippen LogP contribution >= 0.6 is 0 Å². The van der Waals surface area contributed by atoms with Gasteiger partial charge in [0.2, 0.25) is 0 Å². The van der Waals surface area contributed by atoms with Gasteiger partial charge in [-0.2, -0.15) is 0 Å². The summed E-state index contributed by atoms with van der Waals surface area (Å²) in [4.78, 5) is 8.44. The maximum atomic E-state index is 8.80. The summed E-state index contributed by atoms with van der Waals surface area (Å²) in [6.45, 7) is -4.69. The van der Waals surface area contributed by atoms with E-state index in [0.717, 1.165) is 33.3 Å². The fourth-order valence-electron chi connectivity index (χ4n) is 4.95. The van der Waals surface area contributed by atoms with Crippen LogP contribution in [-0.4, -0.2) is 9.97 Å². The largest absolute Gasteiger partial charge is 0.500 e. The predicted molar refractivity (Wildman–Crippen MR) is 184 cm³/mol. The number of hydrogen-bond acceptors (Lipinski definition) is 3. The third kappa shape index (κ3) is 6.93. The zero-order valence-corrected chi connectivity index (χ0v) is 27.2. The summed E-state index contributed by atoms with van der Waals surface area (Å²) in [5.74, 6) is 0. The molecule has 7 aromatic rings. The molecule has 0 spiro atoms. The summed E-state index contributed by atoms with van der Waals surface area (Å²) in [6, 6.07) is 28.6. The first-order valence-corrected chi connectivity index (χ1v) is 14.0. The van der Waals surface area contributed by atoms with Gasteiger partial charge < -0.3 is 14.4 Å². The van der Waals surface area contributed by atoms with E-state index in [2.05, 4.69) is 28.2 Å². The number of aryl methyl sites for hydroxylation is 4. The van der Waals surface area contributed by atoms with Crippen LogP contribution in [0.5, 0.6) is 0 Å². The minimum atomic E-state index is -2.61. The van der Waals surface area contributed by atoms with E-state index in [1.807, 2.05) is 36.4 Å². The zero-order chi connectivity index (χ0) is 42.8. The second-order valence-electron chi connectivity index (χ2n) is 11.5. The van der Waals surface area contributed by atoms with Crippen molar-refractivity contribution in [3.63, 3.8) is 0 Å². The van der Waals surface area contributed by atoms with E-state index in [1.165, 1.54) is 30.5 Å². The second-order valence-corrected chi connectivity index (χ2v) is 11.5. The van der Waals surface area contributed by atoms with Crippen molar-refractivity contribution in [3.05, 3.63) is 131 Å². The number of aromatic nitrogens is 2. The van der Waals surface area contributed by atoms with Crippen LogP contribution in [0.2, 0.25) is 0 Å². The van der Waals surface area contributed by atoms with Gasteiger partial charge in [0.05, 0.1) is 5.58 Å². The third-order valence-electron chi connectivity index (χ3n) is 6.99. The summed E-state index contributed by atoms with van der Waals surface area (Å²) >= 11 is 0. The molecule has 0 unspecified atom stereocenters. The first-order valence-electron chi connectivity index (χ1n) is 21.0. The molecule has 0 aliphatic heterocycles. The van der Waals surface area contributed by atoms with E-state index in [1.54, 1.807) is 32.9 Å². The molecule has 3 aromatic heterocycles. The van der Waals surface area contributed by atoms with Crippen LogP contribution in [0.3, 0.4) is 0 Å². The van der Waals surface area contributed by atoms with Crippen LogP contribution in [0.15, 0.2) is 95.7 Å². The van der Waals surface area contributed by atoms with Crippen LogP contribution in [-0.2, 0) is 26.5 Å². The Morgan fingerprint density at radius 3 is 2.29 bits per heavy atom. The van der Waals surface area contributed by atoms with Gasteiger partial charge in [-0.3, -0.25) is 0 Å². The van der Waals surface area contributed by atoms with E-state index >= 15 is 0 Å². The van der Waals surface area contributed by atoms with Gasteiger partial charge in [-0.1, -0.05) is 98.2 Å². The number of pyridine rings is 2. The van der Waals surface area contributed by atoms with E-state index in [9.17, 15) is 0 Å². The molecule has 3 heterocycles. The smallest absolute Gasteiger partial charge is 0.128 e. The molecule has 3 nitrogen and oxygen atoms in total. The fraction of sp³-hybridized carbons (Fsp3) is 0.220. The molecule has 0 N–H and O–H groups in total. The van der Waals surface area contributed by atoms with Crippen molar-refractivity contribution in [1.82, 2.24) is 9.97 Å². The van der Waals surface area contributed by atoms with Crippen LogP contribution in [0, 0.1) is 45.0 Å². The topological polar surface area (TPSA) is 38.9 Å². The summed E-state index contributed by atoms with van der Waals surface area (Å²) in [7, 11) is 0.